The van der Waals surface area contributed by atoms with Crippen LogP contribution in [0, 0.1) is 5.92 Å². The zero-order valence-electron chi connectivity index (χ0n) is 18.3. The zero-order chi connectivity index (χ0) is 21.3. The number of carbonyl (C=O) groups excluding carboxylic acids is 2. The van der Waals surface area contributed by atoms with Crippen LogP contribution in [0.1, 0.15) is 62.8 Å². The summed E-state index contributed by atoms with van der Waals surface area (Å²) >= 11 is 1.67. The fourth-order valence-corrected chi connectivity index (χ4v) is 4.87. The predicted octanol–water partition coefficient (Wildman–Crippen LogP) is 5.48. The van der Waals surface area contributed by atoms with Gasteiger partial charge in [-0.05, 0) is 35.8 Å². The molecule has 30 heavy (non-hydrogen) atoms. The number of amides is 2. The van der Waals surface area contributed by atoms with E-state index in [1.165, 1.54) is 6.42 Å². The molecule has 3 rings (SSSR count). The van der Waals surface area contributed by atoms with E-state index in [2.05, 4.69) is 32.0 Å². The van der Waals surface area contributed by atoms with Crippen molar-refractivity contribution < 1.29 is 9.59 Å². The predicted molar refractivity (Wildman–Crippen MR) is 123 cm³/mol. The summed E-state index contributed by atoms with van der Waals surface area (Å²) in [5, 5.41) is 2.04. The molecule has 2 aromatic rings. The number of benzene rings is 1. The van der Waals surface area contributed by atoms with Gasteiger partial charge in [-0.15, -0.1) is 11.3 Å². The maximum atomic E-state index is 13.5. The lowest BCUT2D eigenvalue weighted by Gasteiger charge is -2.36. The van der Waals surface area contributed by atoms with Gasteiger partial charge in [0.15, 0.2) is 0 Å². The summed E-state index contributed by atoms with van der Waals surface area (Å²) in [5.74, 6) is 0.459. The highest BCUT2D eigenvalue weighted by Crippen LogP contribution is 2.24. The lowest BCUT2D eigenvalue weighted by Crippen LogP contribution is -2.48. The molecule has 2 amide bonds. The molecule has 0 spiro atoms. The van der Waals surface area contributed by atoms with Gasteiger partial charge in [0.1, 0.15) is 6.54 Å². The second kappa shape index (κ2) is 11.3. The van der Waals surface area contributed by atoms with Crippen LogP contribution in [-0.4, -0.2) is 34.2 Å². The van der Waals surface area contributed by atoms with Gasteiger partial charge in [-0.1, -0.05) is 69.5 Å². The molecule has 1 fully saturated rings. The SMILES string of the molecule is CC(C)CC(=O)N(CC(=O)N(Cc1ccccc1)Cc1cccs1)C1CCCCC1. The van der Waals surface area contributed by atoms with Crippen LogP contribution >= 0.6 is 11.3 Å². The van der Waals surface area contributed by atoms with Crippen molar-refractivity contribution in [2.45, 2.75) is 71.5 Å². The topological polar surface area (TPSA) is 40.6 Å². The summed E-state index contributed by atoms with van der Waals surface area (Å²) in [7, 11) is 0. The molecule has 0 N–H and O–H groups in total. The lowest BCUT2D eigenvalue weighted by atomic mass is 9.93. The van der Waals surface area contributed by atoms with Gasteiger partial charge in [0.05, 0.1) is 6.54 Å². The highest BCUT2D eigenvalue weighted by atomic mass is 32.1. The van der Waals surface area contributed by atoms with Gasteiger partial charge in [0, 0.05) is 23.9 Å². The van der Waals surface area contributed by atoms with E-state index in [1.54, 1.807) is 11.3 Å². The molecule has 0 radical (unpaired) electrons. The Hall–Kier alpha value is -2.14. The van der Waals surface area contributed by atoms with Crippen LogP contribution in [-0.2, 0) is 22.7 Å². The fourth-order valence-electron chi connectivity index (χ4n) is 4.15. The molecule has 4 nitrogen and oxygen atoms in total. The molecule has 1 aromatic heterocycles. The Kier molecular flexibility index (Phi) is 8.50. The van der Waals surface area contributed by atoms with E-state index >= 15 is 0 Å². The molecular weight excluding hydrogens is 392 g/mol. The van der Waals surface area contributed by atoms with E-state index in [4.69, 9.17) is 0 Å². The van der Waals surface area contributed by atoms with E-state index in [1.807, 2.05) is 39.4 Å². The quantitative estimate of drug-likeness (QED) is 0.532. The average Bonchev–Trinajstić information content (AvgIpc) is 3.25. The van der Waals surface area contributed by atoms with Crippen LogP contribution in [0.15, 0.2) is 47.8 Å². The highest BCUT2D eigenvalue weighted by Gasteiger charge is 2.29. The maximum Gasteiger partial charge on any atom is 0.242 e. The number of rotatable bonds is 9. The van der Waals surface area contributed by atoms with Crippen LogP contribution in [0.4, 0.5) is 0 Å². The molecule has 0 unspecified atom stereocenters. The highest BCUT2D eigenvalue weighted by molar-refractivity contribution is 7.09. The first kappa shape index (κ1) is 22.5. The van der Waals surface area contributed by atoms with Gasteiger partial charge >= 0.3 is 0 Å². The molecular formula is C25H34N2O2S. The third-order valence-electron chi connectivity index (χ3n) is 5.72. The van der Waals surface area contributed by atoms with Crippen molar-refractivity contribution in [1.29, 1.82) is 0 Å². The summed E-state index contributed by atoms with van der Waals surface area (Å²) in [4.78, 5) is 31.5. The van der Waals surface area contributed by atoms with Crippen molar-refractivity contribution in [3.8, 4) is 0 Å². The lowest BCUT2D eigenvalue weighted by molar-refractivity contribution is -0.144. The summed E-state index contributed by atoms with van der Waals surface area (Å²) in [5.41, 5.74) is 1.11. The minimum atomic E-state index is 0.0370. The van der Waals surface area contributed by atoms with Crippen molar-refractivity contribution in [3.05, 3.63) is 58.3 Å². The molecule has 5 heteroatoms. The Morgan fingerprint density at radius 3 is 2.33 bits per heavy atom. The van der Waals surface area contributed by atoms with Gasteiger partial charge < -0.3 is 9.80 Å². The molecule has 0 atom stereocenters. The minimum absolute atomic E-state index is 0.0370. The Labute approximate surface area is 184 Å². The molecule has 1 aliphatic rings. The number of carbonyl (C=O) groups is 2. The minimum Gasteiger partial charge on any atom is -0.332 e. The molecule has 162 valence electrons. The van der Waals surface area contributed by atoms with Crippen LogP contribution in [0.25, 0.3) is 0 Å². The first-order valence-electron chi connectivity index (χ1n) is 11.2. The van der Waals surface area contributed by atoms with Gasteiger partial charge in [-0.25, -0.2) is 0 Å². The summed E-state index contributed by atoms with van der Waals surface area (Å²) in [6.07, 6.45) is 6.06. The molecule has 1 saturated carbocycles. The number of hydrogen-bond acceptors (Lipinski definition) is 3. The largest absolute Gasteiger partial charge is 0.332 e. The third kappa shape index (κ3) is 6.69. The Morgan fingerprint density at radius 2 is 1.70 bits per heavy atom. The van der Waals surface area contributed by atoms with E-state index < -0.39 is 0 Å². The third-order valence-corrected chi connectivity index (χ3v) is 6.58. The van der Waals surface area contributed by atoms with Crippen molar-refractivity contribution in [2.24, 2.45) is 5.92 Å². The van der Waals surface area contributed by atoms with Crippen LogP contribution in [0.2, 0.25) is 0 Å². The molecule has 0 aliphatic heterocycles. The zero-order valence-corrected chi connectivity index (χ0v) is 19.1. The fraction of sp³-hybridized carbons (Fsp3) is 0.520. The average molecular weight is 427 g/mol. The van der Waals surface area contributed by atoms with Crippen molar-refractivity contribution in [2.75, 3.05) is 6.54 Å². The van der Waals surface area contributed by atoms with E-state index in [0.29, 0.717) is 25.4 Å². The molecule has 1 heterocycles. The second-order valence-electron chi connectivity index (χ2n) is 8.73. The Balaban J connectivity index is 1.76. The standard InChI is InChI=1S/C25H34N2O2S/c1-20(2)16-24(28)27(22-12-7-4-8-13-22)19-25(29)26(18-23-14-9-15-30-23)17-21-10-5-3-6-11-21/h3,5-6,9-11,14-15,20,22H,4,7-8,12-13,16-19H2,1-2H3. The second-order valence-corrected chi connectivity index (χ2v) is 9.76. The first-order chi connectivity index (χ1) is 14.5. The number of thiophene rings is 1. The molecule has 0 saturated heterocycles. The van der Waals surface area contributed by atoms with Crippen LogP contribution in [0.5, 0.6) is 0 Å². The molecule has 0 bridgehead atoms. The first-order valence-corrected chi connectivity index (χ1v) is 12.0. The van der Waals surface area contributed by atoms with Crippen LogP contribution < -0.4 is 0 Å². The van der Waals surface area contributed by atoms with Crippen molar-refractivity contribution >= 4 is 23.2 Å². The maximum absolute atomic E-state index is 13.5. The van der Waals surface area contributed by atoms with Gasteiger partial charge in [-0.3, -0.25) is 9.59 Å². The monoisotopic (exact) mass is 426 g/mol. The smallest absolute Gasteiger partial charge is 0.242 e. The van der Waals surface area contributed by atoms with Gasteiger partial charge in [-0.2, -0.15) is 0 Å². The number of nitrogens with zero attached hydrogens (tertiary/aromatic N) is 2. The van der Waals surface area contributed by atoms with E-state index in [-0.39, 0.29) is 24.4 Å². The normalized spacial score (nSPS) is 14.6. The Bertz CT molecular complexity index is 783. The van der Waals surface area contributed by atoms with Crippen LogP contribution in [0.3, 0.4) is 0 Å². The van der Waals surface area contributed by atoms with E-state index in [0.717, 1.165) is 36.1 Å². The van der Waals surface area contributed by atoms with Crippen molar-refractivity contribution in [3.63, 3.8) is 0 Å². The van der Waals surface area contributed by atoms with Gasteiger partial charge in [0.25, 0.3) is 0 Å². The molecule has 1 aromatic carbocycles. The Morgan fingerprint density at radius 1 is 0.967 bits per heavy atom. The van der Waals surface area contributed by atoms with Gasteiger partial charge in [0.2, 0.25) is 11.8 Å². The molecule has 1 aliphatic carbocycles. The summed E-state index contributed by atoms with van der Waals surface area (Å²) < 4.78 is 0. The van der Waals surface area contributed by atoms with E-state index in [9.17, 15) is 9.59 Å². The summed E-state index contributed by atoms with van der Waals surface area (Å²) in [6.45, 7) is 5.47. The summed E-state index contributed by atoms with van der Waals surface area (Å²) in [6, 6.07) is 14.4. The number of hydrogen-bond donors (Lipinski definition) is 0. The van der Waals surface area contributed by atoms with Crippen molar-refractivity contribution in [1.82, 2.24) is 9.80 Å².